The molecular formula is C19H31NO3. The van der Waals surface area contributed by atoms with Crippen LogP contribution in [0.1, 0.15) is 51.5 Å². The molecule has 4 nitrogen and oxygen atoms in total. The molecule has 1 aliphatic carbocycles. The molecule has 0 spiro atoms. The zero-order chi connectivity index (χ0) is 16.7. The molecule has 130 valence electrons. The molecule has 0 unspecified atom stereocenters. The lowest BCUT2D eigenvalue weighted by Gasteiger charge is -2.32. The van der Waals surface area contributed by atoms with Crippen LogP contribution in [0.5, 0.6) is 11.5 Å². The molecule has 23 heavy (non-hydrogen) atoms. The van der Waals surface area contributed by atoms with Crippen LogP contribution in [-0.4, -0.2) is 31.0 Å². The van der Waals surface area contributed by atoms with E-state index in [1.54, 1.807) is 7.11 Å². The van der Waals surface area contributed by atoms with E-state index in [2.05, 4.69) is 19.2 Å². The van der Waals surface area contributed by atoms with Crippen molar-refractivity contribution in [1.82, 2.24) is 5.32 Å². The Kier molecular flexibility index (Phi) is 6.72. The summed E-state index contributed by atoms with van der Waals surface area (Å²) in [5.41, 5.74) is 0.616. The molecule has 0 heterocycles. The Labute approximate surface area is 140 Å². The number of hydrogen-bond donors (Lipinski definition) is 2. The van der Waals surface area contributed by atoms with E-state index in [0.717, 1.165) is 49.3 Å². The van der Waals surface area contributed by atoms with Crippen molar-refractivity contribution < 1.29 is 14.6 Å². The molecule has 1 aromatic carbocycles. The monoisotopic (exact) mass is 321 g/mol. The van der Waals surface area contributed by atoms with Crippen molar-refractivity contribution in [2.45, 2.75) is 58.1 Å². The van der Waals surface area contributed by atoms with Crippen LogP contribution in [0.2, 0.25) is 0 Å². The SMILES string of the molecule is COc1ccc(CNCC2(O)CCCCC2)cc1OCC(C)C. The molecule has 2 rings (SSSR count). The summed E-state index contributed by atoms with van der Waals surface area (Å²) in [6.07, 6.45) is 5.33. The van der Waals surface area contributed by atoms with E-state index in [1.165, 1.54) is 6.42 Å². The first-order valence-electron chi connectivity index (χ1n) is 8.75. The van der Waals surface area contributed by atoms with Gasteiger partial charge in [0.15, 0.2) is 11.5 Å². The van der Waals surface area contributed by atoms with E-state index in [0.29, 0.717) is 19.1 Å². The Balaban J connectivity index is 1.90. The number of rotatable bonds is 8. The normalized spacial score (nSPS) is 17.3. The number of hydrogen-bond acceptors (Lipinski definition) is 4. The fraction of sp³-hybridized carbons (Fsp3) is 0.684. The van der Waals surface area contributed by atoms with Crippen LogP contribution in [0, 0.1) is 5.92 Å². The first-order valence-corrected chi connectivity index (χ1v) is 8.75. The molecule has 1 saturated carbocycles. The van der Waals surface area contributed by atoms with E-state index in [-0.39, 0.29) is 0 Å². The smallest absolute Gasteiger partial charge is 0.161 e. The zero-order valence-corrected chi connectivity index (χ0v) is 14.7. The van der Waals surface area contributed by atoms with Crippen molar-refractivity contribution in [3.05, 3.63) is 23.8 Å². The maximum absolute atomic E-state index is 10.5. The Morgan fingerprint density at radius 1 is 1.17 bits per heavy atom. The van der Waals surface area contributed by atoms with E-state index >= 15 is 0 Å². The Morgan fingerprint density at radius 3 is 2.57 bits per heavy atom. The van der Waals surface area contributed by atoms with Crippen molar-refractivity contribution in [1.29, 1.82) is 0 Å². The summed E-state index contributed by atoms with van der Waals surface area (Å²) in [7, 11) is 1.66. The minimum absolute atomic E-state index is 0.474. The molecule has 0 atom stereocenters. The zero-order valence-electron chi connectivity index (χ0n) is 14.7. The van der Waals surface area contributed by atoms with Gasteiger partial charge in [-0.05, 0) is 36.5 Å². The van der Waals surface area contributed by atoms with Crippen LogP contribution in [0.3, 0.4) is 0 Å². The van der Waals surface area contributed by atoms with Gasteiger partial charge in [0.05, 0.1) is 19.3 Å². The fourth-order valence-electron chi connectivity index (χ4n) is 3.03. The van der Waals surface area contributed by atoms with Gasteiger partial charge in [0, 0.05) is 13.1 Å². The highest BCUT2D eigenvalue weighted by Crippen LogP contribution is 2.29. The van der Waals surface area contributed by atoms with Gasteiger partial charge in [-0.3, -0.25) is 0 Å². The number of benzene rings is 1. The van der Waals surface area contributed by atoms with Gasteiger partial charge >= 0.3 is 0 Å². The lowest BCUT2D eigenvalue weighted by molar-refractivity contribution is 0.00467. The van der Waals surface area contributed by atoms with Crippen LogP contribution in [0.25, 0.3) is 0 Å². The second-order valence-corrected chi connectivity index (χ2v) is 7.08. The second kappa shape index (κ2) is 8.55. The van der Waals surface area contributed by atoms with Gasteiger partial charge in [0.1, 0.15) is 0 Å². The molecule has 0 aromatic heterocycles. The maximum Gasteiger partial charge on any atom is 0.161 e. The van der Waals surface area contributed by atoms with E-state index < -0.39 is 5.60 Å². The molecule has 1 fully saturated rings. The molecule has 0 bridgehead atoms. The first kappa shape index (κ1) is 18.1. The number of methoxy groups -OCH3 is 1. The van der Waals surface area contributed by atoms with Crippen molar-refractivity contribution >= 4 is 0 Å². The molecule has 0 amide bonds. The standard InChI is InChI=1S/C19H31NO3/c1-15(2)13-23-18-11-16(7-8-17(18)22-3)12-20-14-19(21)9-5-4-6-10-19/h7-8,11,15,20-21H,4-6,9-10,12-14H2,1-3H3. The second-order valence-electron chi connectivity index (χ2n) is 7.08. The van der Waals surface area contributed by atoms with Gasteiger partial charge in [-0.25, -0.2) is 0 Å². The highest BCUT2D eigenvalue weighted by Gasteiger charge is 2.28. The predicted molar refractivity (Wildman–Crippen MR) is 93.1 cm³/mol. The molecule has 1 aromatic rings. The Bertz CT molecular complexity index is 482. The van der Waals surface area contributed by atoms with Crippen LogP contribution < -0.4 is 14.8 Å². The summed E-state index contributed by atoms with van der Waals surface area (Å²) in [5, 5.41) is 13.9. The van der Waals surface area contributed by atoms with Gasteiger partial charge in [-0.15, -0.1) is 0 Å². The quantitative estimate of drug-likeness (QED) is 0.769. The summed E-state index contributed by atoms with van der Waals surface area (Å²) in [6, 6.07) is 6.01. The summed E-state index contributed by atoms with van der Waals surface area (Å²) in [5.74, 6) is 2.03. The molecule has 1 aliphatic rings. The lowest BCUT2D eigenvalue weighted by Crippen LogP contribution is -2.41. The molecule has 0 aliphatic heterocycles. The summed E-state index contributed by atoms with van der Waals surface area (Å²) in [4.78, 5) is 0. The van der Waals surface area contributed by atoms with E-state index in [1.807, 2.05) is 18.2 Å². The average Bonchev–Trinajstić information content (AvgIpc) is 2.53. The molecular weight excluding hydrogens is 290 g/mol. The van der Waals surface area contributed by atoms with Gasteiger partial charge in [-0.1, -0.05) is 39.2 Å². The van der Waals surface area contributed by atoms with Gasteiger partial charge in [0.2, 0.25) is 0 Å². The predicted octanol–water partition coefficient (Wildman–Crippen LogP) is 3.51. The van der Waals surface area contributed by atoms with Crippen molar-refractivity contribution in [2.75, 3.05) is 20.3 Å². The van der Waals surface area contributed by atoms with Crippen molar-refractivity contribution in [3.8, 4) is 11.5 Å². The van der Waals surface area contributed by atoms with Crippen molar-refractivity contribution in [3.63, 3.8) is 0 Å². The highest BCUT2D eigenvalue weighted by atomic mass is 16.5. The Morgan fingerprint density at radius 2 is 1.91 bits per heavy atom. The first-order chi connectivity index (χ1) is 11.0. The number of nitrogens with one attached hydrogen (secondary N) is 1. The van der Waals surface area contributed by atoms with Crippen LogP contribution in [0.4, 0.5) is 0 Å². The summed E-state index contributed by atoms with van der Waals surface area (Å²) < 4.78 is 11.2. The lowest BCUT2D eigenvalue weighted by atomic mass is 9.85. The minimum atomic E-state index is -0.526. The molecule has 4 heteroatoms. The number of aliphatic hydroxyl groups is 1. The third kappa shape index (κ3) is 5.70. The topological polar surface area (TPSA) is 50.7 Å². The summed E-state index contributed by atoms with van der Waals surface area (Å²) in [6.45, 7) is 6.31. The van der Waals surface area contributed by atoms with E-state index in [4.69, 9.17) is 9.47 Å². The molecule has 2 N–H and O–H groups in total. The fourth-order valence-corrected chi connectivity index (χ4v) is 3.03. The number of ether oxygens (including phenoxy) is 2. The molecule has 0 saturated heterocycles. The highest BCUT2D eigenvalue weighted by molar-refractivity contribution is 5.43. The largest absolute Gasteiger partial charge is 0.493 e. The van der Waals surface area contributed by atoms with Gasteiger partial charge < -0.3 is 19.9 Å². The average molecular weight is 321 g/mol. The van der Waals surface area contributed by atoms with Crippen LogP contribution in [-0.2, 0) is 6.54 Å². The molecule has 0 radical (unpaired) electrons. The van der Waals surface area contributed by atoms with Crippen molar-refractivity contribution in [2.24, 2.45) is 5.92 Å². The maximum atomic E-state index is 10.5. The third-order valence-electron chi connectivity index (χ3n) is 4.37. The summed E-state index contributed by atoms with van der Waals surface area (Å²) >= 11 is 0. The van der Waals surface area contributed by atoms with Crippen LogP contribution in [0.15, 0.2) is 18.2 Å². The van der Waals surface area contributed by atoms with Gasteiger partial charge in [-0.2, -0.15) is 0 Å². The van der Waals surface area contributed by atoms with E-state index in [9.17, 15) is 5.11 Å². The van der Waals surface area contributed by atoms with Crippen LogP contribution >= 0.6 is 0 Å². The minimum Gasteiger partial charge on any atom is -0.493 e. The third-order valence-corrected chi connectivity index (χ3v) is 4.37. The van der Waals surface area contributed by atoms with Gasteiger partial charge in [0.25, 0.3) is 0 Å². The Hall–Kier alpha value is -1.26.